The van der Waals surface area contributed by atoms with Crippen molar-refractivity contribution in [3.63, 3.8) is 0 Å². The van der Waals surface area contributed by atoms with Crippen LogP contribution in [0.2, 0.25) is 0 Å². The summed E-state index contributed by atoms with van der Waals surface area (Å²) in [6, 6.07) is 0. The Balaban J connectivity index is 3.47. The second kappa shape index (κ2) is 5.37. The number of halogens is 5. The van der Waals surface area contributed by atoms with Gasteiger partial charge in [0.05, 0.1) is 12.2 Å². The molecular weight excluding hydrogens is 277 g/mol. The Kier molecular flexibility index (Phi) is 4.28. The smallest absolute Gasteiger partial charge is 0.420 e. The van der Waals surface area contributed by atoms with Gasteiger partial charge in [0, 0.05) is 6.20 Å². The minimum absolute atomic E-state index is 0.169. The molecule has 0 spiro atoms. The number of nitrogens with zero attached hydrogens (tertiary/aromatic N) is 1. The normalized spacial score (nSPS) is 11.7. The van der Waals surface area contributed by atoms with E-state index in [1.54, 1.807) is 0 Å². The van der Waals surface area contributed by atoms with E-state index in [-0.39, 0.29) is 12.8 Å². The van der Waals surface area contributed by atoms with Gasteiger partial charge in [0.15, 0.2) is 11.4 Å². The number of hydrogen-bond acceptors (Lipinski definition) is 4. The number of ether oxygens (including phenoxy) is 1. The predicted octanol–water partition coefficient (Wildman–Crippen LogP) is 2.92. The molecule has 0 atom stereocenters. The lowest BCUT2D eigenvalue weighted by Gasteiger charge is -2.15. The molecule has 1 N–H and O–H groups in total. The molecule has 0 radical (unpaired) electrons. The van der Waals surface area contributed by atoms with Crippen LogP contribution in [-0.4, -0.2) is 22.7 Å². The van der Waals surface area contributed by atoms with E-state index in [1.165, 1.54) is 6.92 Å². The molecule has 0 aliphatic carbocycles. The van der Waals surface area contributed by atoms with Crippen LogP contribution >= 0.6 is 0 Å². The molecule has 1 aromatic heterocycles. The van der Waals surface area contributed by atoms with Crippen molar-refractivity contribution in [1.29, 1.82) is 0 Å². The molecule has 0 aliphatic rings. The highest BCUT2D eigenvalue weighted by atomic mass is 19.4. The van der Waals surface area contributed by atoms with Crippen molar-refractivity contribution in [3.8, 4) is 5.75 Å². The van der Waals surface area contributed by atoms with Gasteiger partial charge in [-0.3, -0.25) is 0 Å². The number of hydrogen-bond donors (Lipinski definition) is 1. The topological polar surface area (TPSA) is 59.4 Å². The van der Waals surface area contributed by atoms with Gasteiger partial charge in [0.25, 0.3) is 6.43 Å². The average molecular weight is 285 g/mol. The lowest BCUT2D eigenvalue weighted by Crippen LogP contribution is -2.15. The van der Waals surface area contributed by atoms with Crippen molar-refractivity contribution in [2.45, 2.75) is 19.5 Å². The van der Waals surface area contributed by atoms with Crippen molar-refractivity contribution in [2.24, 2.45) is 0 Å². The summed E-state index contributed by atoms with van der Waals surface area (Å²) in [5.41, 5.74) is -4.54. The van der Waals surface area contributed by atoms with Gasteiger partial charge < -0.3 is 9.84 Å². The molecule has 0 saturated carbocycles. The number of aromatic hydroxyl groups is 1. The van der Waals surface area contributed by atoms with Gasteiger partial charge in [-0.15, -0.1) is 0 Å². The van der Waals surface area contributed by atoms with Gasteiger partial charge in [0.2, 0.25) is 0 Å². The van der Waals surface area contributed by atoms with E-state index >= 15 is 0 Å². The highest BCUT2D eigenvalue weighted by Crippen LogP contribution is 2.42. The summed E-state index contributed by atoms with van der Waals surface area (Å²) in [6.45, 7) is 1.21. The summed E-state index contributed by atoms with van der Waals surface area (Å²) in [7, 11) is 0. The van der Waals surface area contributed by atoms with Gasteiger partial charge in [0.1, 0.15) is 5.56 Å². The highest BCUT2D eigenvalue weighted by molar-refractivity contribution is 5.90. The van der Waals surface area contributed by atoms with Crippen LogP contribution in [0.4, 0.5) is 22.0 Å². The lowest BCUT2D eigenvalue weighted by molar-refractivity contribution is -0.140. The zero-order valence-corrected chi connectivity index (χ0v) is 9.46. The zero-order chi connectivity index (χ0) is 14.8. The Bertz CT molecular complexity index is 487. The van der Waals surface area contributed by atoms with Gasteiger partial charge in [-0.2, -0.15) is 13.2 Å². The second-order valence-electron chi connectivity index (χ2n) is 3.30. The van der Waals surface area contributed by atoms with Gasteiger partial charge in [-0.25, -0.2) is 18.6 Å². The SMILES string of the molecule is CCOC(=O)c1ncc(C(F)F)c(C(F)(F)F)c1O. The average Bonchev–Trinajstić information content (AvgIpc) is 2.26. The van der Waals surface area contributed by atoms with E-state index in [4.69, 9.17) is 0 Å². The van der Waals surface area contributed by atoms with Crippen molar-refractivity contribution in [3.05, 3.63) is 23.0 Å². The number of carbonyl (C=O) groups is 1. The van der Waals surface area contributed by atoms with Gasteiger partial charge >= 0.3 is 12.1 Å². The third kappa shape index (κ3) is 3.09. The monoisotopic (exact) mass is 285 g/mol. The molecule has 19 heavy (non-hydrogen) atoms. The van der Waals surface area contributed by atoms with Crippen molar-refractivity contribution >= 4 is 5.97 Å². The maximum absolute atomic E-state index is 12.6. The molecule has 0 aromatic carbocycles. The molecular formula is C10H8F5NO3. The molecule has 0 saturated heterocycles. The molecule has 0 unspecified atom stereocenters. The maximum atomic E-state index is 12.6. The molecule has 4 nitrogen and oxygen atoms in total. The number of pyridine rings is 1. The quantitative estimate of drug-likeness (QED) is 0.685. The number of aromatic nitrogens is 1. The van der Waals surface area contributed by atoms with Gasteiger partial charge in [-0.05, 0) is 6.92 Å². The summed E-state index contributed by atoms with van der Waals surface area (Å²) in [4.78, 5) is 14.3. The van der Waals surface area contributed by atoms with E-state index in [0.29, 0.717) is 0 Å². The molecule has 1 rings (SSSR count). The Labute approximate surface area is 103 Å². The largest absolute Gasteiger partial charge is 0.505 e. The minimum Gasteiger partial charge on any atom is -0.505 e. The van der Waals surface area contributed by atoms with Crippen molar-refractivity contribution in [1.82, 2.24) is 4.98 Å². The Morgan fingerprint density at radius 2 is 2.05 bits per heavy atom. The molecule has 0 fully saturated rings. The van der Waals surface area contributed by atoms with E-state index in [2.05, 4.69) is 9.72 Å². The van der Waals surface area contributed by atoms with Crippen molar-refractivity contribution < 1.29 is 36.6 Å². The first-order valence-electron chi connectivity index (χ1n) is 4.94. The molecule has 106 valence electrons. The van der Waals surface area contributed by atoms with E-state index < -0.39 is 41.1 Å². The zero-order valence-electron chi connectivity index (χ0n) is 9.46. The van der Waals surface area contributed by atoms with Crippen LogP contribution in [0.3, 0.4) is 0 Å². The molecule has 1 heterocycles. The summed E-state index contributed by atoms with van der Waals surface area (Å²) < 4.78 is 67.1. The predicted molar refractivity (Wildman–Crippen MR) is 51.8 cm³/mol. The van der Waals surface area contributed by atoms with Crippen LogP contribution in [0.1, 0.15) is 35.0 Å². The second-order valence-corrected chi connectivity index (χ2v) is 3.30. The Morgan fingerprint density at radius 1 is 1.47 bits per heavy atom. The number of rotatable bonds is 3. The van der Waals surface area contributed by atoms with Crippen LogP contribution in [0, 0.1) is 0 Å². The lowest BCUT2D eigenvalue weighted by atomic mass is 10.1. The summed E-state index contributed by atoms with van der Waals surface area (Å²) in [5.74, 6) is -2.99. The first-order valence-corrected chi connectivity index (χ1v) is 4.94. The number of alkyl halides is 5. The summed E-state index contributed by atoms with van der Waals surface area (Å²) in [5, 5.41) is 9.33. The third-order valence-corrected chi connectivity index (χ3v) is 2.07. The van der Waals surface area contributed by atoms with Gasteiger partial charge in [-0.1, -0.05) is 0 Å². The standard InChI is InChI=1S/C10H8F5NO3/c1-2-19-9(18)6-7(17)5(10(13,14)15)4(3-16-6)8(11)12/h3,8,17H,2H2,1H3. The molecule has 0 amide bonds. The fourth-order valence-corrected chi connectivity index (χ4v) is 1.33. The number of esters is 1. The third-order valence-electron chi connectivity index (χ3n) is 2.07. The van der Waals surface area contributed by atoms with Crippen LogP contribution in [0.5, 0.6) is 5.75 Å². The van der Waals surface area contributed by atoms with Crippen LogP contribution in [-0.2, 0) is 10.9 Å². The summed E-state index contributed by atoms with van der Waals surface area (Å²) >= 11 is 0. The molecule has 1 aromatic rings. The van der Waals surface area contributed by atoms with Crippen LogP contribution < -0.4 is 0 Å². The van der Waals surface area contributed by atoms with Crippen LogP contribution in [0.25, 0.3) is 0 Å². The van der Waals surface area contributed by atoms with E-state index in [0.717, 1.165) is 0 Å². The molecule has 0 aliphatic heterocycles. The highest BCUT2D eigenvalue weighted by Gasteiger charge is 2.41. The maximum Gasteiger partial charge on any atom is 0.420 e. The fourth-order valence-electron chi connectivity index (χ4n) is 1.33. The first-order chi connectivity index (χ1) is 8.70. The van der Waals surface area contributed by atoms with Crippen LogP contribution in [0.15, 0.2) is 6.20 Å². The Hall–Kier alpha value is -1.93. The first kappa shape index (κ1) is 15.1. The molecule has 9 heteroatoms. The van der Waals surface area contributed by atoms with E-state index in [1.807, 2.05) is 0 Å². The molecule has 0 bridgehead atoms. The van der Waals surface area contributed by atoms with Crippen molar-refractivity contribution in [2.75, 3.05) is 6.61 Å². The minimum atomic E-state index is -5.25. The summed E-state index contributed by atoms with van der Waals surface area (Å²) in [6.07, 6.45) is -8.55. The number of carbonyl (C=O) groups excluding carboxylic acids is 1. The Morgan fingerprint density at radius 3 is 2.47 bits per heavy atom. The fraction of sp³-hybridized carbons (Fsp3) is 0.400. The van der Waals surface area contributed by atoms with E-state index in [9.17, 15) is 31.9 Å².